The van der Waals surface area contributed by atoms with Gasteiger partial charge in [0.15, 0.2) is 5.82 Å². The number of hydrogen-bond donors (Lipinski definition) is 0. The summed E-state index contributed by atoms with van der Waals surface area (Å²) in [6, 6.07) is 1.98. The Hall–Kier alpha value is -2.18. The molecule has 2 aromatic heterocycles. The minimum absolute atomic E-state index is 0.0936. The van der Waals surface area contributed by atoms with Gasteiger partial charge in [0.1, 0.15) is 6.54 Å². The summed E-state index contributed by atoms with van der Waals surface area (Å²) in [7, 11) is 0. The molecule has 0 N–H and O–H groups in total. The number of nitrogens with zero attached hydrogens (tertiary/aromatic N) is 5. The van der Waals surface area contributed by atoms with Gasteiger partial charge in [-0.2, -0.15) is 10.1 Å². The zero-order valence-electron chi connectivity index (χ0n) is 13.9. The first-order valence-electron chi connectivity index (χ1n) is 8.18. The van der Waals surface area contributed by atoms with Crippen molar-refractivity contribution >= 4 is 5.91 Å². The van der Waals surface area contributed by atoms with Crippen LogP contribution in [0.2, 0.25) is 0 Å². The Morgan fingerprint density at radius 3 is 2.91 bits per heavy atom. The Balaban J connectivity index is 1.65. The van der Waals surface area contributed by atoms with Crippen molar-refractivity contribution in [2.45, 2.75) is 52.5 Å². The number of hydrogen-bond acceptors (Lipinski definition) is 5. The molecule has 1 aliphatic heterocycles. The molecule has 0 aromatic carbocycles. The van der Waals surface area contributed by atoms with E-state index in [1.165, 1.54) is 0 Å². The number of piperidine rings is 1. The largest absolute Gasteiger partial charge is 0.340 e. The third kappa shape index (κ3) is 3.43. The lowest BCUT2D eigenvalue weighted by molar-refractivity contribution is -0.133. The van der Waals surface area contributed by atoms with Crippen LogP contribution in [-0.4, -0.2) is 43.8 Å². The fourth-order valence-corrected chi connectivity index (χ4v) is 3.05. The normalized spacial score (nSPS) is 18.4. The van der Waals surface area contributed by atoms with E-state index in [-0.39, 0.29) is 18.4 Å². The van der Waals surface area contributed by atoms with Gasteiger partial charge in [-0.25, -0.2) is 0 Å². The minimum atomic E-state index is 0.0936. The lowest BCUT2D eigenvalue weighted by atomic mass is 9.98. The van der Waals surface area contributed by atoms with E-state index in [0.717, 1.165) is 43.0 Å². The summed E-state index contributed by atoms with van der Waals surface area (Å²) < 4.78 is 7.11. The molecule has 1 saturated heterocycles. The van der Waals surface area contributed by atoms with Gasteiger partial charge in [0.2, 0.25) is 11.8 Å². The van der Waals surface area contributed by atoms with Crippen LogP contribution in [0.25, 0.3) is 0 Å². The molecular formula is C16H23N5O2. The van der Waals surface area contributed by atoms with E-state index in [1.54, 1.807) is 4.68 Å². The average Bonchev–Trinajstić information content (AvgIpc) is 3.14. The summed E-state index contributed by atoms with van der Waals surface area (Å²) in [6.07, 6.45) is 2.70. The van der Waals surface area contributed by atoms with Crippen LogP contribution in [0.3, 0.4) is 0 Å². The standard InChI is InChI=1S/C16H23N5O2/c1-4-14-17-16(23-19-14)13-6-5-7-20(9-13)15(22)10-21-12(3)8-11(2)18-21/h8,13H,4-7,9-10H2,1-3H3. The van der Waals surface area contributed by atoms with E-state index in [2.05, 4.69) is 15.2 Å². The number of aromatic nitrogens is 4. The van der Waals surface area contributed by atoms with Gasteiger partial charge in [-0.05, 0) is 32.8 Å². The summed E-state index contributed by atoms with van der Waals surface area (Å²) in [6.45, 7) is 7.62. The lowest BCUT2D eigenvalue weighted by Crippen LogP contribution is -2.41. The van der Waals surface area contributed by atoms with Crippen molar-refractivity contribution < 1.29 is 9.32 Å². The van der Waals surface area contributed by atoms with Crippen molar-refractivity contribution in [2.75, 3.05) is 13.1 Å². The highest BCUT2D eigenvalue weighted by atomic mass is 16.5. The Morgan fingerprint density at radius 1 is 1.43 bits per heavy atom. The maximum Gasteiger partial charge on any atom is 0.244 e. The van der Waals surface area contributed by atoms with E-state index >= 15 is 0 Å². The van der Waals surface area contributed by atoms with Crippen LogP contribution in [0.5, 0.6) is 0 Å². The van der Waals surface area contributed by atoms with E-state index in [4.69, 9.17) is 4.52 Å². The zero-order valence-corrected chi connectivity index (χ0v) is 13.9. The second kappa shape index (κ2) is 6.52. The molecule has 23 heavy (non-hydrogen) atoms. The summed E-state index contributed by atoms with van der Waals surface area (Å²) in [4.78, 5) is 18.9. The quantitative estimate of drug-likeness (QED) is 0.860. The second-order valence-corrected chi connectivity index (χ2v) is 6.17. The number of likely N-dealkylation sites (tertiary alicyclic amines) is 1. The molecule has 1 amide bonds. The maximum atomic E-state index is 12.6. The van der Waals surface area contributed by atoms with Gasteiger partial charge < -0.3 is 9.42 Å². The van der Waals surface area contributed by atoms with Gasteiger partial charge in [0.25, 0.3) is 0 Å². The number of aryl methyl sites for hydroxylation is 3. The number of carbonyl (C=O) groups is 1. The third-order valence-electron chi connectivity index (χ3n) is 4.31. The summed E-state index contributed by atoms with van der Waals surface area (Å²) in [5.74, 6) is 1.62. The van der Waals surface area contributed by atoms with E-state index in [1.807, 2.05) is 31.7 Å². The van der Waals surface area contributed by atoms with Crippen molar-refractivity contribution in [1.29, 1.82) is 0 Å². The number of carbonyl (C=O) groups excluding carboxylic acids is 1. The molecule has 1 atom stereocenters. The van der Waals surface area contributed by atoms with Crippen LogP contribution < -0.4 is 0 Å². The smallest absolute Gasteiger partial charge is 0.244 e. The monoisotopic (exact) mass is 317 g/mol. The van der Waals surface area contributed by atoms with Gasteiger partial charge in [-0.1, -0.05) is 12.1 Å². The molecule has 7 nitrogen and oxygen atoms in total. The van der Waals surface area contributed by atoms with Gasteiger partial charge in [0.05, 0.1) is 11.6 Å². The summed E-state index contributed by atoms with van der Waals surface area (Å²) >= 11 is 0. The first kappa shape index (κ1) is 15.7. The number of rotatable bonds is 4. The third-order valence-corrected chi connectivity index (χ3v) is 4.31. The molecule has 1 aliphatic rings. The Bertz CT molecular complexity index is 690. The highest BCUT2D eigenvalue weighted by molar-refractivity contribution is 5.76. The summed E-state index contributed by atoms with van der Waals surface area (Å²) in [5, 5.41) is 8.32. The van der Waals surface area contributed by atoms with Crippen LogP contribution in [0.4, 0.5) is 0 Å². The van der Waals surface area contributed by atoms with Crippen LogP contribution in [0.15, 0.2) is 10.6 Å². The average molecular weight is 317 g/mol. The van der Waals surface area contributed by atoms with Gasteiger partial charge in [-0.3, -0.25) is 9.48 Å². The molecule has 124 valence electrons. The number of amides is 1. The van der Waals surface area contributed by atoms with E-state index in [0.29, 0.717) is 12.4 Å². The molecule has 0 saturated carbocycles. The molecule has 0 bridgehead atoms. The molecule has 7 heteroatoms. The zero-order chi connectivity index (χ0) is 16.4. The lowest BCUT2D eigenvalue weighted by Gasteiger charge is -2.31. The van der Waals surface area contributed by atoms with Crippen LogP contribution in [0.1, 0.15) is 48.8 Å². The maximum absolute atomic E-state index is 12.6. The Kier molecular flexibility index (Phi) is 4.45. The molecule has 3 heterocycles. The first-order chi connectivity index (χ1) is 11.1. The minimum Gasteiger partial charge on any atom is -0.340 e. The summed E-state index contributed by atoms with van der Waals surface area (Å²) in [5.41, 5.74) is 1.94. The van der Waals surface area contributed by atoms with Crippen molar-refractivity contribution in [3.63, 3.8) is 0 Å². The van der Waals surface area contributed by atoms with E-state index in [9.17, 15) is 4.79 Å². The Labute approximate surface area is 135 Å². The Morgan fingerprint density at radius 2 is 2.26 bits per heavy atom. The molecule has 0 aliphatic carbocycles. The molecule has 2 aromatic rings. The van der Waals surface area contributed by atoms with Crippen molar-refractivity contribution in [3.05, 3.63) is 29.2 Å². The van der Waals surface area contributed by atoms with Crippen molar-refractivity contribution in [2.24, 2.45) is 0 Å². The second-order valence-electron chi connectivity index (χ2n) is 6.17. The molecule has 0 spiro atoms. The van der Waals surface area contributed by atoms with Gasteiger partial charge >= 0.3 is 0 Å². The molecular weight excluding hydrogens is 294 g/mol. The molecule has 0 radical (unpaired) electrons. The fourth-order valence-electron chi connectivity index (χ4n) is 3.05. The first-order valence-corrected chi connectivity index (χ1v) is 8.18. The van der Waals surface area contributed by atoms with Gasteiger partial charge in [0, 0.05) is 25.2 Å². The van der Waals surface area contributed by atoms with Crippen LogP contribution >= 0.6 is 0 Å². The van der Waals surface area contributed by atoms with E-state index < -0.39 is 0 Å². The predicted octanol–water partition coefficient (Wildman–Crippen LogP) is 1.85. The van der Waals surface area contributed by atoms with Crippen molar-refractivity contribution in [1.82, 2.24) is 24.8 Å². The van der Waals surface area contributed by atoms with Gasteiger partial charge in [-0.15, -0.1) is 0 Å². The van der Waals surface area contributed by atoms with Crippen LogP contribution in [-0.2, 0) is 17.8 Å². The molecule has 1 unspecified atom stereocenters. The SMILES string of the molecule is CCc1noc(C2CCCN(C(=O)Cn3nc(C)cc3C)C2)n1. The predicted molar refractivity (Wildman–Crippen MR) is 83.9 cm³/mol. The highest BCUT2D eigenvalue weighted by Crippen LogP contribution is 2.26. The fraction of sp³-hybridized carbons (Fsp3) is 0.625. The topological polar surface area (TPSA) is 77.0 Å². The molecule has 1 fully saturated rings. The molecule has 3 rings (SSSR count). The van der Waals surface area contributed by atoms with Crippen molar-refractivity contribution in [3.8, 4) is 0 Å². The van der Waals surface area contributed by atoms with Crippen LogP contribution in [0, 0.1) is 13.8 Å². The highest BCUT2D eigenvalue weighted by Gasteiger charge is 2.28.